The molecule has 2 aromatic carbocycles. The Hall–Kier alpha value is -3.23. The van der Waals surface area contributed by atoms with Crippen molar-refractivity contribution in [2.75, 3.05) is 10.6 Å². The van der Waals surface area contributed by atoms with Gasteiger partial charge in [0.2, 0.25) is 0 Å². The lowest BCUT2D eigenvalue weighted by Gasteiger charge is -2.12. The molecule has 0 fully saturated rings. The molecule has 0 radical (unpaired) electrons. The van der Waals surface area contributed by atoms with Crippen molar-refractivity contribution in [3.05, 3.63) is 53.1 Å². The Labute approximate surface area is 145 Å². The molecule has 3 aromatic rings. The molecule has 1 aromatic heterocycles. The van der Waals surface area contributed by atoms with E-state index in [0.29, 0.717) is 22.9 Å². The molecule has 6 nitrogen and oxygen atoms in total. The van der Waals surface area contributed by atoms with Crippen molar-refractivity contribution >= 4 is 28.4 Å². The number of nitrogens with one attached hydrogen (secondary N) is 2. The number of nitrogens with zero attached hydrogens (tertiary/aromatic N) is 2. The number of rotatable bonds is 3. The number of aromatic carboxylic acids is 1. The maximum Gasteiger partial charge on any atom is 0.335 e. The van der Waals surface area contributed by atoms with E-state index in [0.717, 1.165) is 0 Å². The number of carboxylic acids is 1. The maximum absolute atomic E-state index is 13.8. The smallest absolute Gasteiger partial charge is 0.335 e. The van der Waals surface area contributed by atoms with Crippen LogP contribution in [0.3, 0.4) is 0 Å². The van der Waals surface area contributed by atoms with Crippen LogP contribution >= 0.6 is 0 Å². The summed E-state index contributed by atoms with van der Waals surface area (Å²) in [6.45, 7) is 0. The van der Waals surface area contributed by atoms with Crippen LogP contribution in [0.2, 0.25) is 0 Å². The summed E-state index contributed by atoms with van der Waals surface area (Å²) in [6.07, 6.45) is -0.354. The summed E-state index contributed by atoms with van der Waals surface area (Å²) < 4.78 is 42.7. The van der Waals surface area contributed by atoms with Crippen LogP contribution in [0, 0.1) is 17.5 Å². The number of hydrogen-bond donors (Lipinski definition) is 3. The number of benzene rings is 2. The fourth-order valence-electron chi connectivity index (χ4n) is 3.10. The first-order valence-corrected chi connectivity index (χ1v) is 7.74. The molecule has 1 unspecified atom stereocenters. The molecule has 0 saturated heterocycles. The van der Waals surface area contributed by atoms with E-state index in [4.69, 9.17) is 5.11 Å². The number of imidazole rings is 1. The van der Waals surface area contributed by atoms with Crippen molar-refractivity contribution < 1.29 is 23.1 Å². The van der Waals surface area contributed by atoms with E-state index in [2.05, 4.69) is 15.6 Å². The molecule has 0 amide bonds. The van der Waals surface area contributed by atoms with Gasteiger partial charge in [-0.25, -0.2) is 22.9 Å². The third-order valence-electron chi connectivity index (χ3n) is 4.42. The predicted octanol–water partition coefficient (Wildman–Crippen LogP) is 3.10. The van der Waals surface area contributed by atoms with Crippen LogP contribution in [-0.2, 0) is 13.5 Å². The summed E-state index contributed by atoms with van der Waals surface area (Å²) in [5.74, 6) is -3.77. The Morgan fingerprint density at radius 2 is 1.92 bits per heavy atom. The molecular formula is C17H13F3N4O2. The zero-order valence-corrected chi connectivity index (χ0v) is 13.5. The third-order valence-corrected chi connectivity index (χ3v) is 4.42. The third kappa shape index (κ3) is 2.43. The molecule has 3 N–H and O–H groups in total. The Bertz CT molecular complexity index is 1060. The number of halogens is 3. The zero-order valence-electron chi connectivity index (χ0n) is 13.5. The summed E-state index contributed by atoms with van der Waals surface area (Å²) in [7, 11) is 1.72. The largest absolute Gasteiger partial charge is 0.478 e. The van der Waals surface area contributed by atoms with Crippen LogP contribution in [-0.4, -0.2) is 26.8 Å². The second-order valence-electron chi connectivity index (χ2n) is 6.05. The molecule has 9 heteroatoms. The highest BCUT2D eigenvalue weighted by Crippen LogP contribution is 2.36. The van der Waals surface area contributed by atoms with Gasteiger partial charge in [0.1, 0.15) is 17.7 Å². The lowest BCUT2D eigenvalue weighted by Crippen LogP contribution is -2.26. The fourth-order valence-corrected chi connectivity index (χ4v) is 3.10. The highest BCUT2D eigenvalue weighted by Gasteiger charge is 2.29. The summed E-state index contributed by atoms with van der Waals surface area (Å²) in [5.41, 5.74) is 0.988. The molecule has 0 bridgehead atoms. The zero-order chi connectivity index (χ0) is 18.6. The van der Waals surface area contributed by atoms with Crippen molar-refractivity contribution in [1.82, 2.24) is 9.55 Å². The van der Waals surface area contributed by atoms with Crippen molar-refractivity contribution in [2.45, 2.75) is 12.6 Å². The number of hydrogen-bond acceptors (Lipinski definition) is 4. The SMILES string of the molecule is Cn1c(CC2Nc3c(F)cc(F)c(F)c3N2)nc2ccc(C(=O)O)cc21. The average Bonchev–Trinajstić information content (AvgIpc) is 3.15. The number of carbonyl (C=O) groups is 1. The number of aryl methyl sites for hydroxylation is 1. The van der Waals surface area contributed by atoms with E-state index in [1.54, 1.807) is 17.7 Å². The van der Waals surface area contributed by atoms with Crippen molar-refractivity contribution in [2.24, 2.45) is 7.05 Å². The first-order valence-electron chi connectivity index (χ1n) is 7.74. The van der Waals surface area contributed by atoms with Gasteiger partial charge in [0, 0.05) is 19.5 Å². The highest BCUT2D eigenvalue weighted by molar-refractivity contribution is 5.92. The quantitative estimate of drug-likeness (QED) is 0.624. The van der Waals surface area contributed by atoms with E-state index >= 15 is 0 Å². The Balaban J connectivity index is 1.64. The van der Waals surface area contributed by atoms with Gasteiger partial charge in [-0.3, -0.25) is 0 Å². The summed E-state index contributed by atoms with van der Waals surface area (Å²) >= 11 is 0. The lowest BCUT2D eigenvalue weighted by atomic mass is 10.2. The van der Waals surface area contributed by atoms with E-state index in [1.165, 1.54) is 12.1 Å². The first-order chi connectivity index (χ1) is 12.3. The van der Waals surface area contributed by atoms with Crippen molar-refractivity contribution in [1.29, 1.82) is 0 Å². The van der Waals surface area contributed by atoms with Gasteiger partial charge in [0.05, 0.1) is 22.3 Å². The molecule has 26 heavy (non-hydrogen) atoms. The normalized spacial score (nSPS) is 15.6. The predicted molar refractivity (Wildman–Crippen MR) is 88.7 cm³/mol. The second kappa shape index (κ2) is 5.65. The van der Waals surface area contributed by atoms with Crippen LogP contribution < -0.4 is 10.6 Å². The van der Waals surface area contributed by atoms with E-state index < -0.39 is 29.6 Å². The Kier molecular flexibility index (Phi) is 3.53. The van der Waals surface area contributed by atoms with Crippen LogP contribution in [0.25, 0.3) is 11.0 Å². The van der Waals surface area contributed by atoms with Gasteiger partial charge < -0.3 is 20.3 Å². The van der Waals surface area contributed by atoms with Crippen LogP contribution in [0.1, 0.15) is 16.2 Å². The van der Waals surface area contributed by atoms with Crippen molar-refractivity contribution in [3.63, 3.8) is 0 Å². The van der Waals surface area contributed by atoms with Gasteiger partial charge in [-0.2, -0.15) is 0 Å². The molecular weight excluding hydrogens is 349 g/mol. The average molecular weight is 362 g/mol. The molecule has 134 valence electrons. The van der Waals surface area contributed by atoms with Gasteiger partial charge in [0.15, 0.2) is 17.5 Å². The van der Waals surface area contributed by atoms with E-state index in [9.17, 15) is 18.0 Å². The number of aromatic nitrogens is 2. The number of anilines is 2. The molecule has 2 heterocycles. The van der Waals surface area contributed by atoms with Gasteiger partial charge in [-0.05, 0) is 18.2 Å². The Morgan fingerprint density at radius 1 is 1.19 bits per heavy atom. The molecule has 0 saturated carbocycles. The fraction of sp³-hybridized carbons (Fsp3) is 0.176. The van der Waals surface area contributed by atoms with Gasteiger partial charge >= 0.3 is 5.97 Å². The van der Waals surface area contributed by atoms with E-state index in [-0.39, 0.29) is 23.4 Å². The van der Waals surface area contributed by atoms with E-state index in [1.807, 2.05) is 0 Å². The molecule has 4 rings (SSSR count). The highest BCUT2D eigenvalue weighted by atomic mass is 19.2. The molecule has 1 atom stereocenters. The number of fused-ring (bicyclic) bond motifs is 2. The van der Waals surface area contributed by atoms with Gasteiger partial charge in [-0.1, -0.05) is 0 Å². The topological polar surface area (TPSA) is 79.2 Å². The maximum atomic E-state index is 13.8. The van der Waals surface area contributed by atoms with Crippen LogP contribution in [0.15, 0.2) is 24.3 Å². The number of carboxylic acid groups (broad SMARTS) is 1. The first kappa shape index (κ1) is 16.2. The second-order valence-corrected chi connectivity index (χ2v) is 6.05. The summed E-state index contributed by atoms with van der Waals surface area (Å²) in [4.78, 5) is 15.5. The summed E-state index contributed by atoms with van der Waals surface area (Å²) in [6, 6.07) is 5.05. The molecule has 0 aliphatic carbocycles. The minimum absolute atomic E-state index is 0.124. The monoisotopic (exact) mass is 362 g/mol. The standard InChI is InChI=1S/C17H13F3N4O2/c1-24-11-4-7(17(25)26)2-3-10(11)21-13(24)6-12-22-15-9(19)5-8(18)14(20)16(15)23-12/h2-5,12,22-23H,6H2,1H3,(H,25,26). The summed E-state index contributed by atoms with van der Waals surface area (Å²) in [5, 5.41) is 14.6. The molecule has 0 spiro atoms. The molecule has 1 aliphatic heterocycles. The van der Waals surface area contributed by atoms with Gasteiger partial charge in [-0.15, -0.1) is 0 Å². The lowest BCUT2D eigenvalue weighted by molar-refractivity contribution is 0.0697. The molecule has 1 aliphatic rings. The minimum atomic E-state index is -1.26. The van der Waals surface area contributed by atoms with Gasteiger partial charge in [0.25, 0.3) is 0 Å². The van der Waals surface area contributed by atoms with Crippen LogP contribution in [0.5, 0.6) is 0 Å². The minimum Gasteiger partial charge on any atom is -0.478 e. The Morgan fingerprint density at radius 3 is 2.65 bits per heavy atom. The van der Waals surface area contributed by atoms with Crippen molar-refractivity contribution in [3.8, 4) is 0 Å². The van der Waals surface area contributed by atoms with Crippen LogP contribution in [0.4, 0.5) is 24.5 Å².